The lowest BCUT2D eigenvalue weighted by Crippen LogP contribution is -2.61. The van der Waals surface area contributed by atoms with Crippen molar-refractivity contribution in [3.8, 4) is 11.5 Å². The van der Waals surface area contributed by atoms with Gasteiger partial charge in [0.2, 0.25) is 52.7 Å². The summed E-state index contributed by atoms with van der Waals surface area (Å²) in [6.07, 6.45) is -3.77. The third-order valence-electron chi connectivity index (χ3n) is 17.5. The van der Waals surface area contributed by atoms with E-state index in [9.17, 15) is 57.8 Å². The highest BCUT2D eigenvalue weighted by atomic mass is 16.6. The van der Waals surface area contributed by atoms with E-state index in [1.54, 1.807) is 62.3 Å². The molecule has 1 aromatic carbocycles. The largest absolute Gasteiger partial charge is 0.458 e. The van der Waals surface area contributed by atoms with E-state index in [4.69, 9.17) is 24.6 Å². The molecule has 4 fully saturated rings. The smallest absolute Gasteiger partial charge is 0.329 e. The van der Waals surface area contributed by atoms with Crippen LogP contribution in [-0.2, 0) is 57.4 Å². The van der Waals surface area contributed by atoms with Gasteiger partial charge in [-0.3, -0.25) is 52.7 Å². The van der Waals surface area contributed by atoms with Gasteiger partial charge in [-0.25, -0.2) is 14.6 Å². The van der Waals surface area contributed by atoms with E-state index in [0.717, 1.165) is 19.6 Å². The van der Waals surface area contributed by atoms with E-state index < -0.39 is 197 Å². The van der Waals surface area contributed by atoms with Crippen LogP contribution in [0.4, 0.5) is 5.69 Å². The van der Waals surface area contributed by atoms with Crippen LogP contribution in [0.3, 0.4) is 0 Å². The number of nitrogens with two attached hydrogens (primary N) is 1. The molecular weight excluding hydrogens is 1180 g/mol. The topological polar surface area (TPSA) is 380 Å². The van der Waals surface area contributed by atoms with Crippen molar-refractivity contribution in [1.29, 1.82) is 0 Å². The summed E-state index contributed by atoms with van der Waals surface area (Å²) in [7, 11) is 5.46. The normalized spacial score (nSPS) is 26.9. The number of amides is 10. The Hall–Kier alpha value is -8.76. The van der Waals surface area contributed by atoms with Crippen LogP contribution in [0.2, 0.25) is 0 Å². The molecule has 0 aromatic heterocycles. The van der Waals surface area contributed by atoms with Crippen LogP contribution in [0.15, 0.2) is 21.3 Å². The lowest BCUT2D eigenvalue weighted by molar-refractivity contribution is -0.163. The number of aliphatic hydroxyl groups is 1. The van der Waals surface area contributed by atoms with Gasteiger partial charge in [-0.2, -0.15) is 0 Å². The monoisotopic (exact) mass is 1270 g/mol. The first-order chi connectivity index (χ1) is 42.5. The molecule has 6 aliphatic rings. The quantitative estimate of drug-likeness (QED) is 0.0957. The molecule has 29 heteroatoms. The van der Waals surface area contributed by atoms with Crippen molar-refractivity contribution < 1.29 is 76.5 Å². The minimum Gasteiger partial charge on any atom is -0.458 e. The molecule has 0 bridgehead atoms. The third kappa shape index (κ3) is 14.1. The van der Waals surface area contributed by atoms with Crippen LogP contribution in [0.1, 0.15) is 120 Å². The fourth-order valence-corrected chi connectivity index (χ4v) is 12.3. The number of ether oxygens (including phenoxy) is 2. The van der Waals surface area contributed by atoms with Gasteiger partial charge in [0, 0.05) is 53.3 Å². The highest BCUT2D eigenvalue weighted by molar-refractivity contribution is 6.10. The van der Waals surface area contributed by atoms with Crippen molar-refractivity contribution >= 4 is 87.8 Å². The summed E-state index contributed by atoms with van der Waals surface area (Å²) in [4.78, 5) is 199. The van der Waals surface area contributed by atoms with Crippen molar-refractivity contribution in [1.82, 2.24) is 55.7 Å². The van der Waals surface area contributed by atoms with Crippen LogP contribution in [0, 0.1) is 37.5 Å². The number of likely N-dealkylation sites (N-methyl/N-ethyl adjacent to an activating group) is 4. The number of carbonyl (C=O) groups excluding carboxylic acids is 12. The molecule has 0 radical (unpaired) electrons. The lowest BCUT2D eigenvalue weighted by Gasteiger charge is -2.36. The maximum absolute atomic E-state index is 15.2. The van der Waals surface area contributed by atoms with Gasteiger partial charge < -0.3 is 75.4 Å². The number of nitrogen functional groups attached to an aromatic ring is 1. The predicted molar refractivity (Wildman–Crippen MR) is 327 cm³/mol. The summed E-state index contributed by atoms with van der Waals surface area (Å²) in [5.74, 6) is -13.1. The van der Waals surface area contributed by atoms with Crippen LogP contribution in [-0.4, -0.2) is 232 Å². The number of benzene rings is 2. The minimum atomic E-state index is -1.94. The number of nitrogens with one attached hydrogen (secondary N) is 4. The molecule has 0 spiro atoms. The number of aryl methyl sites for hydroxylation is 1. The predicted octanol–water partition coefficient (Wildman–Crippen LogP) is -0.304. The van der Waals surface area contributed by atoms with Gasteiger partial charge in [-0.05, 0) is 75.8 Å². The maximum Gasteiger partial charge on any atom is 0.329 e. The Balaban J connectivity index is 1.32. The van der Waals surface area contributed by atoms with E-state index in [0.29, 0.717) is 12.0 Å². The maximum atomic E-state index is 15.2. The van der Waals surface area contributed by atoms with Gasteiger partial charge in [0.15, 0.2) is 11.3 Å². The number of hydrogen-bond donors (Lipinski definition) is 6. The number of aliphatic hydroxyl groups excluding tert-OH is 1. The molecule has 7 rings (SSSR count). The number of hydrogen-bond acceptors (Lipinski definition) is 19. The standard InChI is InChI=1S/C62H86N12O17/c1-26(2)42-59(85)73-21-17-18-36(73)57(83)69(13)24-38(76)71(15)48(28(5)6)61(87)89-32(11)44(55(81)65-42)67-53(79)35-20-19-30(9)51-46(35)64-47-40(41(63)50(78)31(10)52(47)91-51)54(80)68-45-33(12)90-62(88)49(29(7)8)72(16)39(77)25-70(14)58(84)37-22-34(75)23-74(37)60(86)43(27(3)4)66-56(45)82/h19-20,26-29,32-34,36-37,42-45,48-49,75H,17-18,21-25,63H2,1-16H3,(H,65,81)(H,66,82)(H,67,79)(H,68,80). The van der Waals surface area contributed by atoms with Crippen molar-refractivity contribution in [3.05, 3.63) is 44.6 Å². The number of aromatic nitrogens is 1. The van der Waals surface area contributed by atoms with Crippen molar-refractivity contribution in [3.63, 3.8) is 0 Å². The van der Waals surface area contributed by atoms with Crippen molar-refractivity contribution in [2.24, 2.45) is 23.7 Å². The van der Waals surface area contributed by atoms with Gasteiger partial charge in [-0.15, -0.1) is 0 Å². The fraction of sp³-hybridized carbons (Fsp3) is 0.613. The Morgan fingerprint density at radius 3 is 1.62 bits per heavy atom. The van der Waals surface area contributed by atoms with Crippen LogP contribution in [0.5, 0.6) is 0 Å². The molecule has 5 heterocycles. The summed E-state index contributed by atoms with van der Waals surface area (Å²) in [5.41, 5.74) is 3.38. The Morgan fingerprint density at radius 2 is 1.13 bits per heavy atom. The summed E-state index contributed by atoms with van der Waals surface area (Å²) in [5, 5.41) is 21.4. The average molecular weight is 1270 g/mol. The molecule has 91 heavy (non-hydrogen) atoms. The number of nitrogens with zero attached hydrogens (tertiary/aromatic N) is 7. The minimum absolute atomic E-state index is 0.0925. The second-order valence-electron chi connectivity index (χ2n) is 25.8. The van der Waals surface area contributed by atoms with E-state index in [1.165, 1.54) is 70.9 Å². The number of cyclic esters (lactones) is 2. The number of carbonyl (C=O) groups is 12. The molecule has 0 saturated carbocycles. The molecule has 496 valence electrons. The number of anilines is 1. The molecular formula is C62H86N12O17. The van der Waals surface area contributed by atoms with E-state index in [2.05, 4.69) is 21.3 Å². The fourth-order valence-electron chi connectivity index (χ4n) is 12.3. The Kier molecular flexibility index (Phi) is 21.3. The molecule has 11 unspecified atom stereocenters. The zero-order valence-electron chi connectivity index (χ0n) is 54.5. The molecule has 11 atom stereocenters. The zero-order chi connectivity index (χ0) is 67.8. The van der Waals surface area contributed by atoms with E-state index in [1.807, 2.05) is 0 Å². The van der Waals surface area contributed by atoms with Gasteiger partial charge in [0.25, 0.3) is 11.8 Å². The number of fused-ring (bicyclic) bond motifs is 4. The molecule has 5 aliphatic heterocycles. The Labute approximate surface area is 527 Å². The summed E-state index contributed by atoms with van der Waals surface area (Å²) >= 11 is 0. The first-order valence-corrected chi connectivity index (χ1v) is 30.6. The second-order valence-corrected chi connectivity index (χ2v) is 25.8. The Bertz CT molecular complexity index is 3460. The summed E-state index contributed by atoms with van der Waals surface area (Å²) in [6, 6.07) is -8.46. The molecule has 29 nitrogen and oxygen atoms in total. The third-order valence-corrected chi connectivity index (χ3v) is 17.5. The molecule has 4 saturated heterocycles. The molecule has 10 amide bonds. The van der Waals surface area contributed by atoms with Crippen LogP contribution >= 0.6 is 0 Å². The van der Waals surface area contributed by atoms with Gasteiger partial charge in [0.1, 0.15) is 71.8 Å². The number of esters is 2. The summed E-state index contributed by atoms with van der Waals surface area (Å²) in [6.45, 7) is 17.5. The van der Waals surface area contributed by atoms with Crippen molar-refractivity contribution in [2.75, 3.05) is 60.1 Å². The highest BCUT2D eigenvalue weighted by Gasteiger charge is 2.48. The number of rotatable bonds is 8. The van der Waals surface area contributed by atoms with Gasteiger partial charge in [-0.1, -0.05) is 61.5 Å². The average Bonchev–Trinajstić information content (AvgIpc) is 1.68. The van der Waals surface area contributed by atoms with Gasteiger partial charge in [0.05, 0.1) is 36.0 Å². The van der Waals surface area contributed by atoms with E-state index in [-0.39, 0.29) is 53.9 Å². The lowest BCUT2D eigenvalue weighted by atomic mass is 9.98. The Morgan fingerprint density at radius 1 is 0.659 bits per heavy atom. The molecule has 7 N–H and O–H groups in total. The molecule has 1 aliphatic carbocycles. The first-order valence-electron chi connectivity index (χ1n) is 30.6. The van der Waals surface area contributed by atoms with Crippen molar-refractivity contribution in [2.45, 2.75) is 169 Å². The SMILES string of the molecule is Cc1c2oc3c(C)ccc(C(=O)NC4C(=O)NC(C(C)C)C(=O)N5CCCC5C(=O)N(C)CC(=O)N(C)C(C(C)C)C(=O)OC4C)c3nc-2c(C(=O)NC2C(=O)NC(C(C)C)C(=O)N3CC(O)CC3C(=O)N(C)CC(=O)N(C)C(C(C)C)C(=O)OC2C)c(N)c1=O. The zero-order valence-corrected chi connectivity index (χ0v) is 54.5. The highest BCUT2D eigenvalue weighted by Crippen LogP contribution is 2.35. The van der Waals surface area contributed by atoms with Crippen LogP contribution < -0.4 is 32.4 Å². The van der Waals surface area contributed by atoms with Gasteiger partial charge >= 0.3 is 11.9 Å². The first kappa shape index (κ1) is 69.7. The van der Waals surface area contributed by atoms with Crippen LogP contribution in [0.25, 0.3) is 22.6 Å². The summed E-state index contributed by atoms with van der Waals surface area (Å²) < 4.78 is 18.3. The van der Waals surface area contributed by atoms with E-state index >= 15 is 9.59 Å². The second kappa shape index (κ2) is 27.8. The molecule has 1 aromatic rings.